The molecule has 0 aliphatic carbocycles. The average molecular weight is 371 g/mol. The summed E-state index contributed by atoms with van der Waals surface area (Å²) in [4.78, 5) is 25.8. The number of amides is 1. The lowest BCUT2D eigenvalue weighted by Gasteiger charge is -2.19. The summed E-state index contributed by atoms with van der Waals surface area (Å²) in [6.45, 7) is 3.86. The smallest absolute Gasteiger partial charge is 0.267 e. The first-order chi connectivity index (χ1) is 12.2. The molecular weight excluding hydrogens is 352 g/mol. The van der Waals surface area contributed by atoms with Crippen LogP contribution in [0.3, 0.4) is 0 Å². The van der Waals surface area contributed by atoms with Gasteiger partial charge in [-0.1, -0.05) is 6.07 Å². The predicted octanol–water partition coefficient (Wildman–Crippen LogP) is 4.43. The van der Waals surface area contributed by atoms with E-state index in [1.165, 1.54) is 24.2 Å². The number of nitrogens with one attached hydrogen (secondary N) is 1. The van der Waals surface area contributed by atoms with Crippen molar-refractivity contribution in [3.05, 3.63) is 46.4 Å². The van der Waals surface area contributed by atoms with Crippen LogP contribution in [0, 0.1) is 6.92 Å². The number of aromatic nitrogens is 2. The number of anilines is 2. The van der Waals surface area contributed by atoms with Crippen molar-refractivity contribution in [1.29, 1.82) is 0 Å². The summed E-state index contributed by atoms with van der Waals surface area (Å²) in [7, 11) is 0. The van der Waals surface area contributed by atoms with Gasteiger partial charge in [-0.3, -0.25) is 4.79 Å². The van der Waals surface area contributed by atoms with Crippen LogP contribution in [0.2, 0.25) is 0 Å². The second kappa shape index (κ2) is 6.93. The van der Waals surface area contributed by atoms with E-state index in [4.69, 9.17) is 0 Å². The highest BCUT2D eigenvalue weighted by Gasteiger charge is 2.21. The SMILES string of the molecule is Cc1nc(-c2cccs2)sc1C(=O)Nc1cccnc1N1CCCC1. The summed E-state index contributed by atoms with van der Waals surface area (Å²) < 4.78 is 0. The lowest BCUT2D eigenvalue weighted by atomic mass is 10.3. The van der Waals surface area contributed by atoms with Gasteiger partial charge in [0.15, 0.2) is 5.82 Å². The van der Waals surface area contributed by atoms with Crippen LogP contribution in [0.5, 0.6) is 0 Å². The number of thiophene rings is 1. The highest BCUT2D eigenvalue weighted by Crippen LogP contribution is 2.32. The second-order valence-electron chi connectivity index (χ2n) is 5.93. The third-order valence-corrected chi connectivity index (χ3v) is 6.37. The van der Waals surface area contributed by atoms with Gasteiger partial charge in [-0.25, -0.2) is 9.97 Å². The molecule has 1 aliphatic rings. The Morgan fingerprint density at radius 3 is 2.84 bits per heavy atom. The standard InChI is InChI=1S/C18H18N4OS2/c1-12-15(25-18(20-12)14-7-5-11-24-14)17(23)21-13-6-4-8-19-16(13)22-9-2-3-10-22/h4-8,11H,2-3,9-10H2,1H3,(H,21,23). The molecule has 0 radical (unpaired) electrons. The monoisotopic (exact) mass is 370 g/mol. The molecule has 7 heteroatoms. The zero-order valence-corrected chi connectivity index (χ0v) is 15.5. The van der Waals surface area contributed by atoms with Gasteiger partial charge < -0.3 is 10.2 Å². The highest BCUT2D eigenvalue weighted by atomic mass is 32.1. The van der Waals surface area contributed by atoms with Gasteiger partial charge in [0.05, 0.1) is 16.3 Å². The normalized spacial score (nSPS) is 14.0. The van der Waals surface area contributed by atoms with Crippen LogP contribution in [-0.4, -0.2) is 29.0 Å². The number of nitrogens with zero attached hydrogens (tertiary/aromatic N) is 3. The number of pyridine rings is 1. The van der Waals surface area contributed by atoms with E-state index in [0.717, 1.165) is 40.2 Å². The van der Waals surface area contributed by atoms with E-state index in [1.807, 2.05) is 36.6 Å². The van der Waals surface area contributed by atoms with Crippen LogP contribution < -0.4 is 10.2 Å². The lowest BCUT2D eigenvalue weighted by Crippen LogP contribution is -2.22. The molecule has 0 bridgehead atoms. The average Bonchev–Trinajstić information content (AvgIpc) is 3.37. The minimum atomic E-state index is -0.119. The third kappa shape index (κ3) is 3.29. The van der Waals surface area contributed by atoms with Crippen LogP contribution in [0.4, 0.5) is 11.5 Å². The van der Waals surface area contributed by atoms with E-state index >= 15 is 0 Å². The first kappa shape index (κ1) is 16.2. The van der Waals surface area contributed by atoms with Gasteiger partial charge in [-0.15, -0.1) is 22.7 Å². The molecule has 1 aliphatic heterocycles. The van der Waals surface area contributed by atoms with Gasteiger partial charge >= 0.3 is 0 Å². The minimum absolute atomic E-state index is 0.119. The van der Waals surface area contributed by atoms with E-state index in [-0.39, 0.29) is 5.91 Å². The van der Waals surface area contributed by atoms with E-state index in [0.29, 0.717) is 4.88 Å². The van der Waals surface area contributed by atoms with Crippen molar-refractivity contribution in [3.63, 3.8) is 0 Å². The van der Waals surface area contributed by atoms with Crippen molar-refractivity contribution in [1.82, 2.24) is 9.97 Å². The predicted molar refractivity (Wildman–Crippen MR) is 104 cm³/mol. The Labute approximate surface area is 154 Å². The van der Waals surface area contributed by atoms with Crippen LogP contribution in [0.15, 0.2) is 35.8 Å². The summed E-state index contributed by atoms with van der Waals surface area (Å²) in [5.41, 5.74) is 1.53. The Hall–Kier alpha value is -2.25. The second-order valence-corrected chi connectivity index (χ2v) is 7.88. The van der Waals surface area contributed by atoms with Gasteiger partial charge in [-0.2, -0.15) is 0 Å². The molecule has 1 fully saturated rings. The molecule has 0 saturated carbocycles. The molecule has 128 valence electrons. The highest BCUT2D eigenvalue weighted by molar-refractivity contribution is 7.22. The molecule has 25 heavy (non-hydrogen) atoms. The fourth-order valence-electron chi connectivity index (χ4n) is 2.97. The van der Waals surface area contributed by atoms with E-state index < -0.39 is 0 Å². The summed E-state index contributed by atoms with van der Waals surface area (Å²) in [5, 5.41) is 5.94. The Bertz CT molecular complexity index is 882. The summed E-state index contributed by atoms with van der Waals surface area (Å²) in [6.07, 6.45) is 4.11. The van der Waals surface area contributed by atoms with Crippen LogP contribution in [-0.2, 0) is 0 Å². The quantitative estimate of drug-likeness (QED) is 0.738. The van der Waals surface area contributed by atoms with Crippen molar-refractivity contribution < 1.29 is 4.79 Å². The van der Waals surface area contributed by atoms with E-state index in [2.05, 4.69) is 20.2 Å². The Morgan fingerprint density at radius 1 is 1.24 bits per heavy atom. The maximum atomic E-state index is 12.8. The molecule has 0 spiro atoms. The Morgan fingerprint density at radius 2 is 2.08 bits per heavy atom. The van der Waals surface area contributed by atoms with Crippen molar-refractivity contribution in [3.8, 4) is 9.88 Å². The maximum absolute atomic E-state index is 12.8. The lowest BCUT2D eigenvalue weighted by molar-refractivity contribution is 0.103. The van der Waals surface area contributed by atoms with Gasteiger partial charge in [0.1, 0.15) is 9.88 Å². The van der Waals surface area contributed by atoms with Gasteiger partial charge in [-0.05, 0) is 43.3 Å². The molecule has 5 nitrogen and oxygen atoms in total. The molecule has 0 aromatic carbocycles. The van der Waals surface area contributed by atoms with Crippen molar-refractivity contribution in [2.75, 3.05) is 23.3 Å². The molecule has 1 saturated heterocycles. The minimum Gasteiger partial charge on any atom is -0.355 e. The van der Waals surface area contributed by atoms with Gasteiger partial charge in [0.2, 0.25) is 0 Å². The number of hydrogen-bond donors (Lipinski definition) is 1. The summed E-state index contributed by atoms with van der Waals surface area (Å²) >= 11 is 3.07. The largest absolute Gasteiger partial charge is 0.355 e. The summed E-state index contributed by atoms with van der Waals surface area (Å²) in [5.74, 6) is 0.736. The molecule has 0 unspecified atom stereocenters. The third-order valence-electron chi connectivity index (χ3n) is 4.18. The first-order valence-electron chi connectivity index (χ1n) is 8.25. The number of rotatable bonds is 4. The molecule has 4 rings (SSSR count). The van der Waals surface area contributed by atoms with Crippen LogP contribution >= 0.6 is 22.7 Å². The van der Waals surface area contributed by atoms with Gasteiger partial charge in [0, 0.05) is 19.3 Å². The van der Waals surface area contributed by atoms with E-state index in [9.17, 15) is 4.79 Å². The molecule has 3 aromatic heterocycles. The Kier molecular flexibility index (Phi) is 4.50. The molecule has 1 N–H and O–H groups in total. The number of aryl methyl sites for hydroxylation is 1. The molecule has 4 heterocycles. The Balaban J connectivity index is 1.59. The van der Waals surface area contributed by atoms with Crippen molar-refractivity contribution >= 4 is 40.1 Å². The maximum Gasteiger partial charge on any atom is 0.267 e. The molecule has 0 atom stereocenters. The topological polar surface area (TPSA) is 58.1 Å². The fourth-order valence-corrected chi connectivity index (χ4v) is 4.73. The molecule has 1 amide bonds. The van der Waals surface area contributed by atoms with Crippen molar-refractivity contribution in [2.24, 2.45) is 0 Å². The first-order valence-corrected chi connectivity index (χ1v) is 9.94. The van der Waals surface area contributed by atoms with Gasteiger partial charge in [0.25, 0.3) is 5.91 Å². The number of hydrogen-bond acceptors (Lipinski definition) is 6. The van der Waals surface area contributed by atoms with Crippen LogP contribution in [0.1, 0.15) is 28.2 Å². The molecule has 3 aromatic rings. The van der Waals surface area contributed by atoms with E-state index in [1.54, 1.807) is 17.5 Å². The van der Waals surface area contributed by atoms with Crippen molar-refractivity contribution in [2.45, 2.75) is 19.8 Å². The number of thiazole rings is 1. The number of carbonyl (C=O) groups is 1. The summed E-state index contributed by atoms with van der Waals surface area (Å²) in [6, 6.07) is 7.78. The number of carbonyl (C=O) groups excluding carboxylic acids is 1. The zero-order valence-electron chi connectivity index (χ0n) is 13.9. The molecular formula is C18H18N4OS2. The fraction of sp³-hybridized carbons (Fsp3) is 0.278. The van der Waals surface area contributed by atoms with Crippen LogP contribution in [0.25, 0.3) is 9.88 Å². The zero-order chi connectivity index (χ0) is 17.2.